The van der Waals surface area contributed by atoms with E-state index in [1.54, 1.807) is 6.07 Å². The Morgan fingerprint density at radius 3 is 1.65 bits per heavy atom. The summed E-state index contributed by atoms with van der Waals surface area (Å²) in [4.78, 5) is 18.6. The monoisotopic (exact) mass is 494 g/mol. The maximum absolute atomic E-state index is 11.4. The Morgan fingerprint density at radius 1 is 0.710 bits per heavy atom. The summed E-state index contributed by atoms with van der Waals surface area (Å²) in [6, 6.07) is 5.65. The number of unbranched alkanes of at least 4 members (excludes halogenated alkanes) is 12. The molecule has 31 heavy (non-hydrogen) atoms. The highest BCUT2D eigenvalue weighted by Crippen LogP contribution is 2.40. The van der Waals surface area contributed by atoms with Gasteiger partial charge in [0.2, 0.25) is 0 Å². The van der Waals surface area contributed by atoms with Gasteiger partial charge in [0, 0.05) is 0 Å². The third kappa shape index (κ3) is 17.1. The van der Waals surface area contributed by atoms with Gasteiger partial charge in [-0.25, -0.2) is 4.57 Å². The Hall–Kier alpha value is -0.130. The van der Waals surface area contributed by atoms with Crippen LogP contribution < -0.4 is 4.52 Å². The van der Waals surface area contributed by atoms with Crippen LogP contribution in [0.1, 0.15) is 115 Å². The van der Waals surface area contributed by atoms with Crippen molar-refractivity contribution in [2.75, 3.05) is 0 Å². The zero-order chi connectivity index (χ0) is 21.4. The SMILES string of the molecule is CCCCCCCCCc1cccc(OP(=O)(O)O)c1CCCCCCCCC.S.S. The highest BCUT2D eigenvalue weighted by atomic mass is 32.1. The normalized spacial score (nSPS) is 11.0. The summed E-state index contributed by atoms with van der Waals surface area (Å²) < 4.78 is 16.4. The van der Waals surface area contributed by atoms with E-state index in [1.165, 1.54) is 76.2 Å². The molecule has 0 aliphatic rings. The van der Waals surface area contributed by atoms with Gasteiger partial charge in [-0.2, -0.15) is 27.0 Å². The minimum absolute atomic E-state index is 0. The quantitative estimate of drug-likeness (QED) is 0.160. The van der Waals surface area contributed by atoms with Crippen molar-refractivity contribution in [3.8, 4) is 5.75 Å². The lowest BCUT2D eigenvalue weighted by molar-refractivity contribution is 0.282. The molecule has 0 aromatic heterocycles. The molecule has 1 aromatic rings. The molecule has 0 unspecified atom stereocenters. The van der Waals surface area contributed by atoms with Gasteiger partial charge in [-0.05, 0) is 42.9 Å². The van der Waals surface area contributed by atoms with Gasteiger partial charge in [0.25, 0.3) is 0 Å². The molecule has 0 aliphatic carbocycles. The van der Waals surface area contributed by atoms with Crippen molar-refractivity contribution in [2.24, 2.45) is 0 Å². The molecule has 184 valence electrons. The topological polar surface area (TPSA) is 66.8 Å². The van der Waals surface area contributed by atoms with Crippen LogP contribution in [0, 0.1) is 0 Å². The van der Waals surface area contributed by atoms with E-state index in [4.69, 9.17) is 4.52 Å². The Labute approximate surface area is 205 Å². The van der Waals surface area contributed by atoms with Crippen LogP contribution in [0.25, 0.3) is 0 Å². The van der Waals surface area contributed by atoms with Gasteiger partial charge >= 0.3 is 7.82 Å². The van der Waals surface area contributed by atoms with Crippen molar-refractivity contribution in [1.29, 1.82) is 0 Å². The van der Waals surface area contributed by atoms with E-state index < -0.39 is 7.82 Å². The van der Waals surface area contributed by atoms with Gasteiger partial charge in [-0.1, -0.05) is 103 Å². The van der Waals surface area contributed by atoms with E-state index in [9.17, 15) is 14.4 Å². The second-order valence-corrected chi connectivity index (χ2v) is 9.38. The summed E-state index contributed by atoms with van der Waals surface area (Å²) in [5, 5.41) is 0. The Morgan fingerprint density at radius 2 is 1.16 bits per heavy atom. The number of hydrogen-bond donors (Lipinski definition) is 2. The van der Waals surface area contributed by atoms with Crippen molar-refractivity contribution in [2.45, 2.75) is 117 Å². The summed E-state index contributed by atoms with van der Waals surface area (Å²) in [5.74, 6) is 0.366. The minimum atomic E-state index is -4.54. The fourth-order valence-corrected chi connectivity index (χ4v) is 4.30. The smallest absolute Gasteiger partial charge is 0.404 e. The summed E-state index contributed by atoms with van der Waals surface area (Å²) >= 11 is 0. The van der Waals surface area contributed by atoms with Gasteiger partial charge in [0.1, 0.15) is 5.75 Å². The van der Waals surface area contributed by atoms with Crippen LogP contribution >= 0.6 is 34.8 Å². The molecule has 0 fully saturated rings. The molecule has 0 saturated heterocycles. The number of rotatable bonds is 18. The van der Waals surface area contributed by atoms with Crippen LogP contribution in [0.3, 0.4) is 0 Å². The van der Waals surface area contributed by atoms with Gasteiger partial charge in [-0.3, -0.25) is 9.79 Å². The lowest BCUT2D eigenvalue weighted by Gasteiger charge is -2.16. The van der Waals surface area contributed by atoms with Crippen molar-refractivity contribution >= 4 is 34.8 Å². The van der Waals surface area contributed by atoms with Gasteiger partial charge in [0.05, 0.1) is 0 Å². The van der Waals surface area contributed by atoms with Crippen LogP contribution in [0.15, 0.2) is 18.2 Å². The van der Waals surface area contributed by atoms with Crippen molar-refractivity contribution in [3.05, 3.63) is 29.3 Å². The molecule has 4 nitrogen and oxygen atoms in total. The summed E-state index contributed by atoms with van der Waals surface area (Å²) in [7, 11) is -4.54. The van der Waals surface area contributed by atoms with E-state index in [1.807, 2.05) is 6.07 Å². The molecule has 0 aliphatic heterocycles. The van der Waals surface area contributed by atoms with E-state index in [2.05, 4.69) is 19.9 Å². The largest absolute Gasteiger partial charge is 0.524 e. The first-order valence-corrected chi connectivity index (χ1v) is 13.4. The van der Waals surface area contributed by atoms with Gasteiger partial charge in [0.15, 0.2) is 0 Å². The highest BCUT2D eigenvalue weighted by molar-refractivity contribution is 7.59. The van der Waals surface area contributed by atoms with Crippen LogP contribution in [-0.2, 0) is 17.4 Å². The molecule has 0 heterocycles. The standard InChI is InChI=1S/C24H43O4P.2H2S/c1-3-5-7-9-11-13-15-18-22-19-17-21-24(28-29(25,26)27)23(22)20-16-14-12-10-8-6-4-2;;/h17,19,21H,3-16,18,20H2,1-2H3,(H2,25,26,27);2*1H2. The predicted octanol–water partition coefficient (Wildman–Crippen LogP) is 7.97. The maximum Gasteiger partial charge on any atom is 0.524 e. The third-order valence-electron chi connectivity index (χ3n) is 5.53. The Bertz CT molecular complexity index is 593. The predicted molar refractivity (Wildman–Crippen MR) is 143 cm³/mol. The summed E-state index contributed by atoms with van der Waals surface area (Å²) in [6.45, 7) is 4.46. The first kappa shape index (κ1) is 33.0. The molecule has 1 aromatic carbocycles. The lowest BCUT2D eigenvalue weighted by Crippen LogP contribution is -2.01. The van der Waals surface area contributed by atoms with Crippen LogP contribution in [0.2, 0.25) is 0 Å². The number of benzene rings is 1. The van der Waals surface area contributed by atoms with E-state index in [0.717, 1.165) is 37.7 Å². The zero-order valence-electron chi connectivity index (χ0n) is 19.7. The van der Waals surface area contributed by atoms with Crippen molar-refractivity contribution < 1.29 is 18.9 Å². The van der Waals surface area contributed by atoms with Crippen LogP contribution in [0.5, 0.6) is 5.75 Å². The number of hydrogen-bond acceptors (Lipinski definition) is 2. The molecular formula is C24H47O4PS2. The van der Waals surface area contributed by atoms with E-state index in [-0.39, 0.29) is 27.0 Å². The first-order valence-electron chi connectivity index (χ1n) is 11.8. The molecule has 0 bridgehead atoms. The average molecular weight is 495 g/mol. The number of phosphoric acid groups is 1. The average Bonchev–Trinajstić information content (AvgIpc) is 2.67. The summed E-state index contributed by atoms with van der Waals surface area (Å²) in [6.07, 6.45) is 19.2. The first-order chi connectivity index (χ1) is 14.0. The van der Waals surface area contributed by atoms with Crippen molar-refractivity contribution in [1.82, 2.24) is 0 Å². The fourth-order valence-electron chi connectivity index (χ4n) is 3.87. The van der Waals surface area contributed by atoms with E-state index in [0.29, 0.717) is 5.75 Å². The maximum atomic E-state index is 11.4. The van der Waals surface area contributed by atoms with Gasteiger partial charge < -0.3 is 4.52 Å². The zero-order valence-corrected chi connectivity index (χ0v) is 22.6. The molecule has 0 saturated carbocycles. The van der Waals surface area contributed by atoms with Crippen molar-refractivity contribution in [3.63, 3.8) is 0 Å². The minimum Gasteiger partial charge on any atom is -0.404 e. The fraction of sp³-hybridized carbons (Fsp3) is 0.750. The molecule has 0 amide bonds. The van der Waals surface area contributed by atoms with Gasteiger partial charge in [-0.15, -0.1) is 0 Å². The molecule has 7 heteroatoms. The summed E-state index contributed by atoms with van der Waals surface area (Å²) in [5.41, 5.74) is 2.19. The number of aryl methyl sites for hydroxylation is 1. The second-order valence-electron chi connectivity index (χ2n) is 8.22. The molecule has 1 rings (SSSR count). The highest BCUT2D eigenvalue weighted by Gasteiger charge is 2.19. The molecular weight excluding hydrogens is 447 g/mol. The molecule has 2 N–H and O–H groups in total. The third-order valence-corrected chi connectivity index (χ3v) is 5.96. The second kappa shape index (κ2) is 20.5. The molecule has 0 spiro atoms. The van der Waals surface area contributed by atoms with Crippen LogP contribution in [0.4, 0.5) is 0 Å². The lowest BCUT2D eigenvalue weighted by atomic mass is 9.95. The van der Waals surface area contributed by atoms with Crippen LogP contribution in [-0.4, -0.2) is 9.79 Å². The molecule has 0 radical (unpaired) electrons. The Balaban J connectivity index is 0. The molecule has 0 atom stereocenters. The Kier molecular flexibility index (Phi) is 21.8. The van der Waals surface area contributed by atoms with E-state index >= 15 is 0 Å². The number of phosphoric ester groups is 1.